The Kier molecular flexibility index (Phi) is 4.63. The average molecular weight is 376 g/mol. The number of carbonyl (C=O) groups excluding carboxylic acids is 3. The van der Waals surface area contributed by atoms with Crippen LogP contribution in [0.2, 0.25) is 0 Å². The van der Waals surface area contributed by atoms with Gasteiger partial charge in [0.2, 0.25) is 0 Å². The number of benzene rings is 2. The Balaban J connectivity index is 1.44. The molecule has 7 heteroatoms. The molecule has 1 aliphatic rings. The number of furan rings is 1. The number of anilines is 2. The molecule has 140 valence electrons. The lowest BCUT2D eigenvalue weighted by molar-refractivity contribution is -0.125. The van der Waals surface area contributed by atoms with Crippen molar-refractivity contribution in [3.63, 3.8) is 0 Å². The van der Waals surface area contributed by atoms with E-state index in [4.69, 9.17) is 9.15 Å². The Hall–Kier alpha value is -3.87. The first kappa shape index (κ1) is 17.5. The van der Waals surface area contributed by atoms with Gasteiger partial charge >= 0.3 is 5.97 Å². The van der Waals surface area contributed by atoms with Gasteiger partial charge in [0, 0.05) is 17.8 Å². The Labute approximate surface area is 160 Å². The van der Waals surface area contributed by atoms with Gasteiger partial charge in [-0.2, -0.15) is 0 Å². The number of rotatable bonds is 4. The predicted octanol–water partition coefficient (Wildman–Crippen LogP) is 3.25. The third-order valence-electron chi connectivity index (χ3n) is 4.32. The summed E-state index contributed by atoms with van der Waals surface area (Å²) in [6.45, 7) is 0. The molecule has 0 bridgehead atoms. The Morgan fingerprint density at radius 3 is 2.50 bits per heavy atom. The number of hydrogen-bond acceptors (Lipinski definition) is 5. The smallest absolute Gasteiger partial charge is 0.339 e. The molecule has 2 N–H and O–H groups in total. The van der Waals surface area contributed by atoms with Crippen molar-refractivity contribution in [3.8, 4) is 0 Å². The monoisotopic (exact) mass is 376 g/mol. The largest absolute Gasteiger partial charge is 0.459 e. The highest BCUT2D eigenvalue weighted by Gasteiger charge is 2.31. The van der Waals surface area contributed by atoms with Crippen molar-refractivity contribution in [2.75, 3.05) is 10.6 Å². The average Bonchev–Trinajstić information content (AvgIpc) is 3.23. The van der Waals surface area contributed by atoms with Gasteiger partial charge in [0.15, 0.2) is 11.9 Å². The van der Waals surface area contributed by atoms with Gasteiger partial charge < -0.3 is 19.8 Å². The minimum atomic E-state index is -0.913. The standard InChI is InChI=1S/C21H16N2O5/c24-19(17-9-4-10-27-17)22-14-6-3-7-15(12-14)23-20(25)18-11-13-5-1-2-8-16(13)21(26)28-18/h1-10,12,18H,11H2,(H,22,24)(H,23,25)/t18-/m1/s1. The lowest BCUT2D eigenvalue weighted by atomic mass is 9.98. The summed E-state index contributed by atoms with van der Waals surface area (Å²) in [6, 6.07) is 16.9. The Morgan fingerprint density at radius 1 is 0.929 bits per heavy atom. The van der Waals surface area contributed by atoms with E-state index in [2.05, 4.69) is 10.6 Å². The van der Waals surface area contributed by atoms with Crippen LogP contribution in [0.25, 0.3) is 0 Å². The van der Waals surface area contributed by atoms with Crippen molar-refractivity contribution in [1.29, 1.82) is 0 Å². The second kappa shape index (κ2) is 7.40. The molecule has 2 heterocycles. The number of fused-ring (bicyclic) bond motifs is 1. The third-order valence-corrected chi connectivity index (χ3v) is 4.32. The number of esters is 1. The van der Waals surface area contributed by atoms with Gasteiger partial charge in [0.25, 0.3) is 11.8 Å². The van der Waals surface area contributed by atoms with Gasteiger partial charge in [-0.15, -0.1) is 0 Å². The second-order valence-corrected chi connectivity index (χ2v) is 6.26. The lowest BCUT2D eigenvalue weighted by Crippen LogP contribution is -2.37. The number of nitrogens with one attached hydrogen (secondary N) is 2. The van der Waals surface area contributed by atoms with Crippen LogP contribution in [-0.4, -0.2) is 23.9 Å². The van der Waals surface area contributed by atoms with E-state index in [1.165, 1.54) is 6.26 Å². The first-order valence-electron chi connectivity index (χ1n) is 8.65. The van der Waals surface area contributed by atoms with Crippen LogP contribution in [0.15, 0.2) is 71.3 Å². The molecule has 0 radical (unpaired) electrons. The summed E-state index contributed by atoms with van der Waals surface area (Å²) < 4.78 is 10.3. The zero-order chi connectivity index (χ0) is 19.5. The van der Waals surface area contributed by atoms with E-state index in [9.17, 15) is 14.4 Å². The van der Waals surface area contributed by atoms with Gasteiger partial charge in [-0.1, -0.05) is 24.3 Å². The normalized spacial score (nSPS) is 15.3. The van der Waals surface area contributed by atoms with Crippen LogP contribution in [0.1, 0.15) is 26.5 Å². The van der Waals surface area contributed by atoms with Gasteiger partial charge in [0.1, 0.15) is 0 Å². The molecule has 0 fully saturated rings. The lowest BCUT2D eigenvalue weighted by Gasteiger charge is -2.23. The number of cyclic esters (lactones) is 1. The number of ether oxygens (including phenoxy) is 1. The molecule has 0 spiro atoms. The molecule has 4 rings (SSSR count). The fraction of sp³-hybridized carbons (Fsp3) is 0.0952. The van der Waals surface area contributed by atoms with Crippen molar-refractivity contribution in [1.82, 2.24) is 0 Å². The minimum absolute atomic E-state index is 0.183. The van der Waals surface area contributed by atoms with Crippen molar-refractivity contribution < 1.29 is 23.5 Å². The summed E-state index contributed by atoms with van der Waals surface area (Å²) in [5.74, 6) is -1.16. The van der Waals surface area contributed by atoms with Crippen LogP contribution in [0, 0.1) is 0 Å². The van der Waals surface area contributed by atoms with Crippen LogP contribution >= 0.6 is 0 Å². The molecular formula is C21H16N2O5. The molecule has 7 nitrogen and oxygen atoms in total. The number of amides is 2. The van der Waals surface area contributed by atoms with E-state index < -0.39 is 23.9 Å². The maximum Gasteiger partial charge on any atom is 0.339 e. The van der Waals surface area contributed by atoms with Crippen LogP contribution in [0.5, 0.6) is 0 Å². The van der Waals surface area contributed by atoms with Crippen LogP contribution in [-0.2, 0) is 16.0 Å². The third kappa shape index (κ3) is 3.64. The van der Waals surface area contributed by atoms with Crippen LogP contribution < -0.4 is 10.6 Å². The summed E-state index contributed by atoms with van der Waals surface area (Å²) in [6.07, 6.45) is 0.807. The van der Waals surface area contributed by atoms with Gasteiger partial charge in [0.05, 0.1) is 11.8 Å². The van der Waals surface area contributed by atoms with E-state index in [-0.39, 0.29) is 5.76 Å². The van der Waals surface area contributed by atoms with E-state index in [1.54, 1.807) is 54.6 Å². The highest BCUT2D eigenvalue weighted by Crippen LogP contribution is 2.22. The molecule has 0 saturated carbocycles. The zero-order valence-corrected chi connectivity index (χ0v) is 14.7. The maximum absolute atomic E-state index is 12.6. The molecular weight excluding hydrogens is 360 g/mol. The molecule has 2 amide bonds. The molecule has 1 atom stereocenters. The molecule has 1 aromatic heterocycles. The zero-order valence-electron chi connectivity index (χ0n) is 14.7. The molecule has 3 aromatic rings. The quantitative estimate of drug-likeness (QED) is 0.681. The first-order chi connectivity index (χ1) is 13.6. The van der Waals surface area contributed by atoms with Crippen molar-refractivity contribution in [2.24, 2.45) is 0 Å². The topological polar surface area (TPSA) is 97.6 Å². The van der Waals surface area contributed by atoms with Crippen LogP contribution in [0.4, 0.5) is 11.4 Å². The van der Waals surface area contributed by atoms with Gasteiger partial charge in [-0.25, -0.2) is 4.79 Å². The van der Waals surface area contributed by atoms with E-state index in [0.717, 1.165) is 5.56 Å². The highest BCUT2D eigenvalue weighted by molar-refractivity contribution is 6.03. The molecule has 0 saturated heterocycles. The predicted molar refractivity (Wildman–Crippen MR) is 101 cm³/mol. The maximum atomic E-state index is 12.6. The summed E-state index contributed by atoms with van der Waals surface area (Å²) >= 11 is 0. The van der Waals surface area contributed by atoms with E-state index in [0.29, 0.717) is 23.4 Å². The highest BCUT2D eigenvalue weighted by atomic mass is 16.5. The number of carbonyl (C=O) groups is 3. The molecule has 28 heavy (non-hydrogen) atoms. The van der Waals surface area contributed by atoms with Gasteiger partial charge in [-0.05, 0) is 42.0 Å². The van der Waals surface area contributed by atoms with Crippen LogP contribution in [0.3, 0.4) is 0 Å². The molecule has 2 aromatic carbocycles. The van der Waals surface area contributed by atoms with Crippen molar-refractivity contribution >= 4 is 29.2 Å². The summed E-state index contributed by atoms with van der Waals surface area (Å²) in [7, 11) is 0. The molecule has 0 unspecified atom stereocenters. The summed E-state index contributed by atoms with van der Waals surface area (Å²) in [4.78, 5) is 36.7. The Bertz CT molecular complexity index is 1040. The van der Waals surface area contributed by atoms with E-state index in [1.807, 2.05) is 6.07 Å². The van der Waals surface area contributed by atoms with E-state index >= 15 is 0 Å². The first-order valence-corrected chi connectivity index (χ1v) is 8.65. The second-order valence-electron chi connectivity index (χ2n) is 6.26. The fourth-order valence-electron chi connectivity index (χ4n) is 2.98. The molecule has 1 aliphatic heterocycles. The fourth-order valence-corrected chi connectivity index (χ4v) is 2.98. The number of hydrogen-bond donors (Lipinski definition) is 2. The summed E-state index contributed by atoms with van der Waals surface area (Å²) in [5, 5.41) is 5.41. The van der Waals surface area contributed by atoms with Crippen molar-refractivity contribution in [3.05, 3.63) is 83.8 Å². The Morgan fingerprint density at radius 2 is 1.71 bits per heavy atom. The SMILES string of the molecule is O=C(Nc1cccc(NC(=O)[C@H]2Cc3ccccc3C(=O)O2)c1)c1ccco1. The molecule has 0 aliphatic carbocycles. The minimum Gasteiger partial charge on any atom is -0.459 e. The summed E-state index contributed by atoms with van der Waals surface area (Å²) in [5.41, 5.74) is 2.22. The van der Waals surface area contributed by atoms with Crippen molar-refractivity contribution in [2.45, 2.75) is 12.5 Å². The van der Waals surface area contributed by atoms with Gasteiger partial charge in [-0.3, -0.25) is 9.59 Å².